The minimum Gasteiger partial charge on any atom is -0.373 e. The highest BCUT2D eigenvalue weighted by molar-refractivity contribution is 5.68. The third kappa shape index (κ3) is 3.81. The van der Waals surface area contributed by atoms with Crippen LogP contribution in [0.25, 0.3) is 11.3 Å². The summed E-state index contributed by atoms with van der Waals surface area (Å²) in [4.78, 5) is 8.90. The third-order valence-corrected chi connectivity index (χ3v) is 3.53. The van der Waals surface area contributed by atoms with Gasteiger partial charge in [0.1, 0.15) is 12.1 Å². The van der Waals surface area contributed by atoms with E-state index in [0.717, 1.165) is 30.8 Å². The Morgan fingerprint density at radius 2 is 2.00 bits per heavy atom. The summed E-state index contributed by atoms with van der Waals surface area (Å²) in [6.45, 7) is 6.68. The van der Waals surface area contributed by atoms with Gasteiger partial charge >= 0.3 is 0 Å². The fourth-order valence-corrected chi connectivity index (χ4v) is 2.68. The largest absolute Gasteiger partial charge is 0.373 e. The van der Waals surface area contributed by atoms with E-state index < -0.39 is 0 Å². The predicted octanol–water partition coefficient (Wildman–Crippen LogP) is 4.34. The topological polar surface area (TPSA) is 37.8 Å². The highest BCUT2D eigenvalue weighted by Gasteiger charge is 2.12. The highest BCUT2D eigenvalue weighted by atomic mass is 15.0. The normalized spacial score (nSPS) is 10.9. The first-order valence-electron chi connectivity index (χ1n) is 7.76. The van der Waals surface area contributed by atoms with Crippen LogP contribution in [0.5, 0.6) is 0 Å². The summed E-state index contributed by atoms with van der Waals surface area (Å²) in [6.07, 6.45) is 4.82. The van der Waals surface area contributed by atoms with Crippen molar-refractivity contribution in [3.63, 3.8) is 0 Å². The monoisotopic (exact) mass is 283 g/mol. The number of benzene rings is 1. The first kappa shape index (κ1) is 15.5. The van der Waals surface area contributed by atoms with Crippen LogP contribution in [0.2, 0.25) is 0 Å². The zero-order valence-electron chi connectivity index (χ0n) is 13.5. The Labute approximate surface area is 127 Å². The van der Waals surface area contributed by atoms with Gasteiger partial charge in [0.2, 0.25) is 0 Å². The summed E-state index contributed by atoms with van der Waals surface area (Å²) in [6, 6.07) is 8.73. The second-order valence-corrected chi connectivity index (χ2v) is 5.85. The summed E-state index contributed by atoms with van der Waals surface area (Å²) in [5, 5.41) is 3.19. The maximum Gasteiger partial charge on any atom is 0.132 e. The van der Waals surface area contributed by atoms with Crippen molar-refractivity contribution in [2.45, 2.75) is 40.0 Å². The van der Waals surface area contributed by atoms with Crippen molar-refractivity contribution in [2.75, 3.05) is 12.4 Å². The van der Waals surface area contributed by atoms with Gasteiger partial charge in [-0.2, -0.15) is 0 Å². The van der Waals surface area contributed by atoms with Crippen molar-refractivity contribution in [2.24, 2.45) is 5.92 Å². The van der Waals surface area contributed by atoms with Gasteiger partial charge in [0.05, 0.1) is 5.69 Å². The maximum atomic E-state index is 4.55. The van der Waals surface area contributed by atoms with Crippen LogP contribution in [0.15, 0.2) is 30.6 Å². The minimum atomic E-state index is 0.661. The molecule has 0 amide bonds. The highest BCUT2D eigenvalue weighted by Crippen LogP contribution is 2.27. The van der Waals surface area contributed by atoms with Crippen molar-refractivity contribution in [1.29, 1.82) is 0 Å². The Morgan fingerprint density at radius 3 is 2.67 bits per heavy atom. The fourth-order valence-electron chi connectivity index (χ4n) is 2.68. The molecule has 0 radical (unpaired) electrons. The van der Waals surface area contributed by atoms with E-state index in [-0.39, 0.29) is 0 Å². The SMILES string of the molecule is CCCc1c(NC)ncnc1-c1cccc(CC(C)C)c1. The molecule has 0 bridgehead atoms. The molecule has 0 saturated carbocycles. The quantitative estimate of drug-likeness (QED) is 0.857. The van der Waals surface area contributed by atoms with Gasteiger partial charge in [-0.1, -0.05) is 45.4 Å². The molecular weight excluding hydrogens is 258 g/mol. The number of aromatic nitrogens is 2. The van der Waals surface area contributed by atoms with Gasteiger partial charge in [0, 0.05) is 18.2 Å². The van der Waals surface area contributed by atoms with Crippen molar-refractivity contribution >= 4 is 5.82 Å². The van der Waals surface area contributed by atoms with Crippen LogP contribution in [-0.4, -0.2) is 17.0 Å². The summed E-state index contributed by atoms with van der Waals surface area (Å²) in [7, 11) is 1.92. The lowest BCUT2D eigenvalue weighted by Gasteiger charge is -2.13. The first-order valence-corrected chi connectivity index (χ1v) is 7.76. The van der Waals surface area contributed by atoms with Gasteiger partial charge in [-0.3, -0.25) is 0 Å². The van der Waals surface area contributed by atoms with Crippen LogP contribution in [0, 0.1) is 5.92 Å². The molecule has 1 aromatic carbocycles. The maximum absolute atomic E-state index is 4.55. The van der Waals surface area contributed by atoms with E-state index >= 15 is 0 Å². The lowest BCUT2D eigenvalue weighted by atomic mass is 9.97. The zero-order valence-corrected chi connectivity index (χ0v) is 13.5. The van der Waals surface area contributed by atoms with Crippen LogP contribution < -0.4 is 5.32 Å². The molecule has 0 spiro atoms. The smallest absolute Gasteiger partial charge is 0.132 e. The second-order valence-electron chi connectivity index (χ2n) is 5.85. The lowest BCUT2D eigenvalue weighted by Crippen LogP contribution is -2.03. The van der Waals surface area contributed by atoms with Crippen molar-refractivity contribution in [1.82, 2.24) is 9.97 Å². The molecule has 2 aromatic rings. The Hall–Kier alpha value is -1.90. The molecule has 0 saturated heterocycles. The van der Waals surface area contributed by atoms with E-state index in [1.165, 1.54) is 16.7 Å². The molecule has 1 heterocycles. The first-order chi connectivity index (χ1) is 10.2. The standard InChI is InChI=1S/C18H25N3/c1-5-7-16-17(20-12-21-18(16)19-4)15-9-6-8-14(11-15)10-13(2)3/h6,8-9,11-13H,5,7,10H2,1-4H3,(H,19,20,21). The predicted molar refractivity (Wildman–Crippen MR) is 89.6 cm³/mol. The molecule has 0 unspecified atom stereocenters. The van der Waals surface area contributed by atoms with E-state index in [2.05, 4.69) is 60.3 Å². The van der Waals surface area contributed by atoms with E-state index in [1.807, 2.05) is 7.05 Å². The number of rotatable bonds is 6. The molecule has 1 aromatic heterocycles. The fraction of sp³-hybridized carbons (Fsp3) is 0.444. The van der Waals surface area contributed by atoms with Crippen LogP contribution in [-0.2, 0) is 12.8 Å². The van der Waals surface area contributed by atoms with E-state index in [0.29, 0.717) is 5.92 Å². The van der Waals surface area contributed by atoms with Crippen LogP contribution in [0.1, 0.15) is 38.3 Å². The molecule has 0 atom stereocenters. The lowest BCUT2D eigenvalue weighted by molar-refractivity contribution is 0.647. The van der Waals surface area contributed by atoms with Crippen molar-refractivity contribution in [3.05, 3.63) is 41.7 Å². The molecule has 2 rings (SSSR count). The Balaban J connectivity index is 2.45. The van der Waals surface area contributed by atoms with E-state index in [9.17, 15) is 0 Å². The molecular formula is C18H25N3. The minimum absolute atomic E-state index is 0.661. The van der Waals surface area contributed by atoms with Crippen molar-refractivity contribution in [3.8, 4) is 11.3 Å². The Bertz CT molecular complexity index is 591. The number of nitrogens with zero attached hydrogens (tertiary/aromatic N) is 2. The molecule has 0 aliphatic carbocycles. The van der Waals surface area contributed by atoms with E-state index in [4.69, 9.17) is 0 Å². The molecule has 3 heteroatoms. The van der Waals surface area contributed by atoms with Gasteiger partial charge in [-0.05, 0) is 30.4 Å². The van der Waals surface area contributed by atoms with Crippen LogP contribution >= 0.6 is 0 Å². The molecule has 0 aliphatic rings. The molecule has 3 nitrogen and oxygen atoms in total. The summed E-state index contributed by atoms with van der Waals surface area (Å²) in [5.74, 6) is 1.60. The Morgan fingerprint density at radius 1 is 1.19 bits per heavy atom. The third-order valence-electron chi connectivity index (χ3n) is 3.53. The summed E-state index contributed by atoms with van der Waals surface area (Å²) < 4.78 is 0. The van der Waals surface area contributed by atoms with Gasteiger partial charge in [-0.25, -0.2) is 9.97 Å². The molecule has 112 valence electrons. The number of anilines is 1. The zero-order chi connectivity index (χ0) is 15.2. The number of nitrogens with one attached hydrogen (secondary N) is 1. The van der Waals surface area contributed by atoms with Crippen LogP contribution in [0.3, 0.4) is 0 Å². The molecule has 1 N–H and O–H groups in total. The van der Waals surface area contributed by atoms with Gasteiger partial charge < -0.3 is 5.32 Å². The second kappa shape index (κ2) is 7.21. The van der Waals surface area contributed by atoms with Crippen molar-refractivity contribution < 1.29 is 0 Å². The summed E-state index contributed by atoms with van der Waals surface area (Å²) in [5.41, 5.74) is 4.83. The van der Waals surface area contributed by atoms with Gasteiger partial charge in [0.15, 0.2) is 0 Å². The van der Waals surface area contributed by atoms with E-state index in [1.54, 1.807) is 6.33 Å². The van der Waals surface area contributed by atoms with Crippen LogP contribution in [0.4, 0.5) is 5.82 Å². The Kier molecular flexibility index (Phi) is 5.32. The van der Waals surface area contributed by atoms with Gasteiger partial charge in [0.25, 0.3) is 0 Å². The number of hydrogen-bond acceptors (Lipinski definition) is 3. The molecule has 0 fully saturated rings. The number of hydrogen-bond donors (Lipinski definition) is 1. The average Bonchev–Trinajstić information content (AvgIpc) is 2.47. The van der Waals surface area contributed by atoms with Gasteiger partial charge in [-0.15, -0.1) is 0 Å². The molecule has 0 aliphatic heterocycles. The average molecular weight is 283 g/mol. The molecule has 21 heavy (non-hydrogen) atoms. The summed E-state index contributed by atoms with van der Waals surface area (Å²) >= 11 is 0.